The Kier molecular flexibility index (Phi) is 5.58. The van der Waals surface area contributed by atoms with Crippen LogP contribution >= 0.6 is 11.6 Å². The molecule has 0 amide bonds. The van der Waals surface area contributed by atoms with E-state index in [2.05, 4.69) is 62.2 Å². The molecule has 2 heterocycles. The van der Waals surface area contributed by atoms with Crippen molar-refractivity contribution in [3.8, 4) is 0 Å². The lowest BCUT2D eigenvalue weighted by atomic mass is 9.92. The Morgan fingerprint density at radius 3 is 1.55 bits per heavy atom. The van der Waals surface area contributed by atoms with Crippen LogP contribution in [-0.2, 0) is 29.5 Å². The van der Waals surface area contributed by atoms with Crippen molar-refractivity contribution in [3.63, 3.8) is 0 Å². The minimum absolute atomic E-state index is 0.121. The van der Waals surface area contributed by atoms with Gasteiger partial charge in [-0.2, -0.15) is 0 Å². The molecular formula is C21H29ClN6O. The van der Waals surface area contributed by atoms with Gasteiger partial charge in [-0.3, -0.25) is 0 Å². The third kappa shape index (κ3) is 5.03. The lowest BCUT2D eigenvalue weighted by Crippen LogP contribution is -2.36. The van der Waals surface area contributed by atoms with Crippen LogP contribution < -0.4 is 0 Å². The zero-order valence-corrected chi connectivity index (χ0v) is 18.6. The highest BCUT2D eigenvalue weighted by atomic mass is 35.5. The fourth-order valence-corrected chi connectivity index (χ4v) is 3.09. The van der Waals surface area contributed by atoms with Crippen molar-refractivity contribution < 1.29 is 5.11 Å². The number of benzene rings is 1. The Labute approximate surface area is 176 Å². The number of halogens is 1. The van der Waals surface area contributed by atoms with Crippen molar-refractivity contribution in [2.75, 3.05) is 0 Å². The molecule has 1 aromatic carbocycles. The number of hydrogen-bond donors (Lipinski definition) is 1. The molecule has 0 radical (unpaired) electrons. The normalized spacial score (nSPS) is 13.1. The monoisotopic (exact) mass is 416 g/mol. The zero-order chi connectivity index (χ0) is 21.4. The second kappa shape index (κ2) is 7.54. The van der Waals surface area contributed by atoms with Gasteiger partial charge in [-0.25, -0.2) is 9.36 Å². The smallest absolute Gasteiger partial charge is 0.129 e. The lowest BCUT2D eigenvalue weighted by molar-refractivity contribution is -0.00615. The lowest BCUT2D eigenvalue weighted by Gasteiger charge is -2.28. The summed E-state index contributed by atoms with van der Waals surface area (Å²) in [6.07, 6.45) is 3.76. The number of nitrogens with zero attached hydrogens (tertiary/aromatic N) is 6. The standard InChI is InChI=1S/C21H29ClN6O/c1-19(2,3)17-11-27(25-23-17)13-21(29,15-7-9-16(22)10-8-15)14-28-12-18(24-26-28)20(4,5)6/h7-12,29H,13-14H2,1-6H3. The van der Waals surface area contributed by atoms with E-state index in [1.165, 1.54) is 0 Å². The summed E-state index contributed by atoms with van der Waals surface area (Å²) in [6, 6.07) is 7.19. The van der Waals surface area contributed by atoms with Gasteiger partial charge in [-0.1, -0.05) is 75.7 Å². The van der Waals surface area contributed by atoms with Crippen molar-refractivity contribution in [3.05, 3.63) is 58.6 Å². The first-order valence-corrected chi connectivity index (χ1v) is 10.0. The largest absolute Gasteiger partial charge is 0.381 e. The van der Waals surface area contributed by atoms with Gasteiger partial charge in [0, 0.05) is 28.2 Å². The van der Waals surface area contributed by atoms with Gasteiger partial charge in [-0.05, 0) is 17.7 Å². The average molecular weight is 417 g/mol. The zero-order valence-electron chi connectivity index (χ0n) is 17.9. The van der Waals surface area contributed by atoms with Crippen LogP contribution in [0.1, 0.15) is 58.5 Å². The van der Waals surface area contributed by atoms with Crippen LogP contribution in [0.15, 0.2) is 36.7 Å². The number of aliphatic hydroxyl groups is 1. The summed E-state index contributed by atoms with van der Waals surface area (Å²) in [4.78, 5) is 0. The summed E-state index contributed by atoms with van der Waals surface area (Å²) in [5.41, 5.74) is 0.950. The topological polar surface area (TPSA) is 81.7 Å². The molecule has 0 aliphatic rings. The molecule has 3 rings (SSSR count). The molecule has 0 spiro atoms. The first-order chi connectivity index (χ1) is 13.4. The Bertz CT molecular complexity index is 908. The van der Waals surface area contributed by atoms with Crippen molar-refractivity contribution in [1.82, 2.24) is 30.0 Å². The number of aromatic nitrogens is 6. The Morgan fingerprint density at radius 1 is 0.793 bits per heavy atom. The summed E-state index contributed by atoms with van der Waals surface area (Å²) in [6.45, 7) is 12.9. The van der Waals surface area contributed by atoms with Crippen molar-refractivity contribution in [2.45, 2.75) is 71.1 Å². The number of hydrogen-bond acceptors (Lipinski definition) is 5. The fraction of sp³-hybridized carbons (Fsp3) is 0.524. The van der Waals surface area contributed by atoms with E-state index in [0.29, 0.717) is 5.02 Å². The van der Waals surface area contributed by atoms with E-state index < -0.39 is 5.60 Å². The molecule has 1 N–H and O–H groups in total. The molecule has 0 unspecified atom stereocenters. The summed E-state index contributed by atoms with van der Waals surface area (Å²) in [7, 11) is 0. The van der Waals surface area contributed by atoms with Crippen LogP contribution in [0.3, 0.4) is 0 Å². The van der Waals surface area contributed by atoms with Crippen LogP contribution in [0.5, 0.6) is 0 Å². The van der Waals surface area contributed by atoms with E-state index in [4.69, 9.17) is 11.6 Å². The molecule has 156 valence electrons. The van der Waals surface area contributed by atoms with E-state index in [0.717, 1.165) is 17.0 Å². The van der Waals surface area contributed by atoms with Gasteiger partial charge in [0.05, 0.1) is 24.5 Å². The van der Waals surface area contributed by atoms with Crippen LogP contribution in [0.4, 0.5) is 0 Å². The maximum atomic E-state index is 11.7. The molecule has 0 fully saturated rings. The summed E-state index contributed by atoms with van der Waals surface area (Å²) in [5.74, 6) is 0. The van der Waals surface area contributed by atoms with Crippen LogP contribution in [0.2, 0.25) is 5.02 Å². The summed E-state index contributed by atoms with van der Waals surface area (Å²) in [5, 5.41) is 29.3. The Hall–Kier alpha value is -2.25. The molecule has 0 aliphatic carbocycles. The second-order valence-corrected chi connectivity index (χ2v) is 10.1. The molecule has 0 saturated carbocycles. The van der Waals surface area contributed by atoms with Gasteiger partial charge >= 0.3 is 0 Å². The third-order valence-corrected chi connectivity index (χ3v) is 5.09. The van der Waals surface area contributed by atoms with E-state index in [9.17, 15) is 5.11 Å². The molecule has 2 aromatic heterocycles. The van der Waals surface area contributed by atoms with Gasteiger partial charge in [-0.15, -0.1) is 10.2 Å². The average Bonchev–Trinajstić information content (AvgIpc) is 3.24. The third-order valence-electron chi connectivity index (χ3n) is 4.84. The molecule has 7 nitrogen and oxygen atoms in total. The Morgan fingerprint density at radius 2 is 1.21 bits per heavy atom. The van der Waals surface area contributed by atoms with Gasteiger partial charge in [0.2, 0.25) is 0 Å². The van der Waals surface area contributed by atoms with Crippen LogP contribution in [0.25, 0.3) is 0 Å². The molecule has 0 saturated heterocycles. The molecule has 3 aromatic rings. The van der Waals surface area contributed by atoms with E-state index in [-0.39, 0.29) is 23.9 Å². The fourth-order valence-electron chi connectivity index (χ4n) is 2.97. The minimum Gasteiger partial charge on any atom is -0.381 e. The van der Waals surface area contributed by atoms with Gasteiger partial charge in [0.1, 0.15) is 5.60 Å². The van der Waals surface area contributed by atoms with E-state index in [1.807, 2.05) is 24.5 Å². The van der Waals surface area contributed by atoms with E-state index >= 15 is 0 Å². The second-order valence-electron chi connectivity index (χ2n) is 9.64. The van der Waals surface area contributed by atoms with Gasteiger partial charge in [0.15, 0.2) is 0 Å². The predicted molar refractivity (Wildman–Crippen MR) is 113 cm³/mol. The predicted octanol–water partition coefficient (Wildman–Crippen LogP) is 3.71. The highest BCUT2D eigenvalue weighted by Crippen LogP contribution is 2.28. The van der Waals surface area contributed by atoms with Crippen molar-refractivity contribution in [2.24, 2.45) is 0 Å². The molecule has 29 heavy (non-hydrogen) atoms. The van der Waals surface area contributed by atoms with Crippen molar-refractivity contribution >= 4 is 11.6 Å². The van der Waals surface area contributed by atoms with E-state index in [1.54, 1.807) is 21.5 Å². The highest BCUT2D eigenvalue weighted by Gasteiger charge is 2.33. The first kappa shape index (κ1) is 21.5. The highest BCUT2D eigenvalue weighted by molar-refractivity contribution is 6.30. The molecule has 0 atom stereocenters. The van der Waals surface area contributed by atoms with Gasteiger partial charge in [0.25, 0.3) is 0 Å². The molecular weight excluding hydrogens is 388 g/mol. The molecule has 0 aliphatic heterocycles. The maximum absolute atomic E-state index is 11.7. The van der Waals surface area contributed by atoms with Gasteiger partial charge < -0.3 is 5.11 Å². The quantitative estimate of drug-likeness (QED) is 0.685. The Balaban J connectivity index is 1.95. The summed E-state index contributed by atoms with van der Waals surface area (Å²) < 4.78 is 3.35. The summed E-state index contributed by atoms with van der Waals surface area (Å²) >= 11 is 6.05. The maximum Gasteiger partial charge on any atom is 0.129 e. The van der Waals surface area contributed by atoms with Crippen molar-refractivity contribution in [1.29, 1.82) is 0 Å². The number of rotatable bonds is 5. The first-order valence-electron chi connectivity index (χ1n) is 9.66. The molecule has 0 bridgehead atoms. The SMILES string of the molecule is CC(C)(C)c1cn(CC(O)(Cn2cc(C(C)(C)C)nn2)c2ccc(Cl)cc2)nn1. The minimum atomic E-state index is -1.27. The molecule has 8 heteroatoms. The van der Waals surface area contributed by atoms with Crippen LogP contribution in [-0.4, -0.2) is 35.1 Å². The van der Waals surface area contributed by atoms with Crippen LogP contribution in [0, 0.1) is 0 Å².